The number of halogens is 4. The molecular formula is C19H20ClF3N2O. The van der Waals surface area contributed by atoms with Gasteiger partial charge in [-0.2, -0.15) is 13.2 Å². The van der Waals surface area contributed by atoms with E-state index in [0.29, 0.717) is 17.1 Å². The molecule has 2 aromatic carbocycles. The summed E-state index contributed by atoms with van der Waals surface area (Å²) in [5.74, 6) is -0.502. The van der Waals surface area contributed by atoms with Gasteiger partial charge in [-0.25, -0.2) is 0 Å². The number of likely N-dealkylation sites (N-methyl/N-ethyl adjacent to an activating group) is 1. The van der Waals surface area contributed by atoms with Crippen LogP contribution in [-0.2, 0) is 11.2 Å². The highest BCUT2D eigenvalue weighted by atomic mass is 35.5. The minimum Gasteiger partial charge on any atom is -0.355 e. The van der Waals surface area contributed by atoms with Crippen LogP contribution in [0.4, 0.5) is 13.2 Å². The first kappa shape index (κ1) is 20.3. The molecule has 0 aliphatic rings. The van der Waals surface area contributed by atoms with Crippen molar-refractivity contribution in [2.45, 2.75) is 31.6 Å². The number of hydrogen-bond acceptors (Lipinski definition) is 2. The maximum atomic E-state index is 13.6. The third kappa shape index (κ3) is 5.47. The van der Waals surface area contributed by atoms with Crippen LogP contribution in [0, 0.1) is 0 Å². The summed E-state index contributed by atoms with van der Waals surface area (Å²) < 4.78 is 40.8. The van der Waals surface area contributed by atoms with Crippen molar-refractivity contribution < 1.29 is 18.0 Å². The molecule has 2 rings (SSSR count). The lowest BCUT2D eigenvalue weighted by Gasteiger charge is -2.27. The van der Waals surface area contributed by atoms with Gasteiger partial charge in [0.25, 0.3) is 0 Å². The molecule has 2 aromatic rings. The van der Waals surface area contributed by atoms with Gasteiger partial charge in [-0.05, 0) is 30.5 Å². The molecule has 0 aromatic heterocycles. The number of carbonyl (C=O) groups excluding carboxylic acids is 1. The molecule has 7 heteroatoms. The zero-order valence-electron chi connectivity index (χ0n) is 14.2. The van der Waals surface area contributed by atoms with Crippen LogP contribution in [0.5, 0.6) is 0 Å². The highest BCUT2D eigenvalue weighted by Crippen LogP contribution is 2.33. The van der Waals surface area contributed by atoms with Crippen LogP contribution in [0.15, 0.2) is 54.6 Å². The summed E-state index contributed by atoms with van der Waals surface area (Å²) in [6, 6.07) is 11.2. The summed E-state index contributed by atoms with van der Waals surface area (Å²) in [4.78, 5) is 12.4. The minimum absolute atomic E-state index is 0.0465. The van der Waals surface area contributed by atoms with E-state index in [4.69, 9.17) is 11.6 Å². The van der Waals surface area contributed by atoms with E-state index in [1.165, 1.54) is 24.3 Å². The second-order valence-electron chi connectivity index (χ2n) is 5.79. The number of hydrogen-bond donors (Lipinski definition) is 2. The van der Waals surface area contributed by atoms with Crippen LogP contribution in [0.1, 0.15) is 24.1 Å². The zero-order valence-corrected chi connectivity index (χ0v) is 14.9. The monoisotopic (exact) mass is 384 g/mol. The van der Waals surface area contributed by atoms with Crippen LogP contribution in [0.3, 0.4) is 0 Å². The number of carbonyl (C=O) groups is 1. The van der Waals surface area contributed by atoms with Crippen LogP contribution in [0.25, 0.3) is 0 Å². The third-order valence-corrected chi connectivity index (χ3v) is 4.25. The first-order chi connectivity index (χ1) is 12.3. The van der Waals surface area contributed by atoms with E-state index >= 15 is 0 Å². The van der Waals surface area contributed by atoms with Crippen molar-refractivity contribution in [3.63, 3.8) is 0 Å². The average Bonchev–Trinajstić information content (AvgIpc) is 2.60. The van der Waals surface area contributed by atoms with E-state index in [9.17, 15) is 18.0 Å². The minimum atomic E-state index is -4.55. The van der Waals surface area contributed by atoms with E-state index in [1.54, 1.807) is 37.3 Å². The molecule has 3 nitrogen and oxygen atoms in total. The molecule has 0 saturated carbocycles. The quantitative estimate of drug-likeness (QED) is 0.748. The van der Waals surface area contributed by atoms with Gasteiger partial charge in [0.15, 0.2) is 0 Å². The molecule has 2 N–H and O–H groups in total. The van der Waals surface area contributed by atoms with Crippen molar-refractivity contribution in [1.82, 2.24) is 10.6 Å². The second-order valence-corrected chi connectivity index (χ2v) is 6.20. The second kappa shape index (κ2) is 9.05. The molecule has 0 aliphatic heterocycles. The Hall–Kier alpha value is -2.05. The Kier molecular flexibility index (Phi) is 7.06. The number of benzene rings is 2. The Balaban J connectivity index is 2.31. The number of alkyl halides is 3. The molecule has 0 bridgehead atoms. The fourth-order valence-electron chi connectivity index (χ4n) is 2.63. The standard InChI is InChI=1S/C19H20ClF3N2O/c1-2-24-18(26)16(12-14-10-6-7-11-15(14)20)25-17(19(21,22)23)13-8-4-3-5-9-13/h3-11,16-17,25H,2,12H2,1H3,(H,24,26)/t16-,17?/m0/s1. The van der Waals surface area contributed by atoms with Gasteiger partial charge in [-0.1, -0.05) is 60.1 Å². The van der Waals surface area contributed by atoms with Gasteiger partial charge in [-0.3, -0.25) is 10.1 Å². The third-order valence-electron chi connectivity index (χ3n) is 3.88. The smallest absolute Gasteiger partial charge is 0.355 e. The van der Waals surface area contributed by atoms with Gasteiger partial charge in [-0.15, -0.1) is 0 Å². The largest absolute Gasteiger partial charge is 0.407 e. The molecule has 0 radical (unpaired) electrons. The van der Waals surface area contributed by atoms with Crippen molar-refractivity contribution in [1.29, 1.82) is 0 Å². The Bertz CT molecular complexity index is 722. The van der Waals surface area contributed by atoms with Crippen LogP contribution < -0.4 is 10.6 Å². The van der Waals surface area contributed by atoms with Gasteiger partial charge in [0.1, 0.15) is 6.04 Å². The molecule has 0 fully saturated rings. The zero-order chi connectivity index (χ0) is 19.2. The van der Waals surface area contributed by atoms with Crippen LogP contribution in [0.2, 0.25) is 5.02 Å². The summed E-state index contributed by atoms with van der Waals surface area (Å²) in [7, 11) is 0. The van der Waals surface area contributed by atoms with E-state index in [0.717, 1.165) is 0 Å². The first-order valence-electron chi connectivity index (χ1n) is 8.21. The maximum absolute atomic E-state index is 13.6. The SMILES string of the molecule is CCNC(=O)[C@H](Cc1ccccc1Cl)NC(c1ccccc1)C(F)(F)F. The molecule has 0 heterocycles. The van der Waals surface area contributed by atoms with E-state index < -0.39 is 24.2 Å². The van der Waals surface area contributed by atoms with Crippen molar-refractivity contribution in [2.24, 2.45) is 0 Å². The maximum Gasteiger partial charge on any atom is 0.407 e. The fraction of sp³-hybridized carbons (Fsp3) is 0.316. The predicted octanol–water partition coefficient (Wildman–Crippen LogP) is 4.28. The van der Waals surface area contributed by atoms with Crippen molar-refractivity contribution in [2.75, 3.05) is 6.54 Å². The van der Waals surface area contributed by atoms with Crippen molar-refractivity contribution >= 4 is 17.5 Å². The lowest BCUT2D eigenvalue weighted by molar-refractivity contribution is -0.160. The average molecular weight is 385 g/mol. The van der Waals surface area contributed by atoms with Crippen LogP contribution >= 0.6 is 11.6 Å². The van der Waals surface area contributed by atoms with Gasteiger partial charge < -0.3 is 5.32 Å². The number of nitrogens with one attached hydrogen (secondary N) is 2. The molecule has 0 spiro atoms. The lowest BCUT2D eigenvalue weighted by atomic mass is 10.0. The topological polar surface area (TPSA) is 41.1 Å². The summed E-state index contributed by atoms with van der Waals surface area (Å²) in [6.07, 6.45) is -4.50. The molecule has 26 heavy (non-hydrogen) atoms. The van der Waals surface area contributed by atoms with Crippen LogP contribution in [-0.4, -0.2) is 24.7 Å². The summed E-state index contributed by atoms with van der Waals surface area (Å²) in [5, 5.41) is 5.47. The molecule has 140 valence electrons. The Morgan fingerprint density at radius 1 is 1.08 bits per heavy atom. The summed E-state index contributed by atoms with van der Waals surface area (Å²) in [6.45, 7) is 2.03. The highest BCUT2D eigenvalue weighted by Gasteiger charge is 2.42. The summed E-state index contributed by atoms with van der Waals surface area (Å²) in [5.41, 5.74) is 0.653. The van der Waals surface area contributed by atoms with E-state index in [1.807, 2.05) is 0 Å². The number of amides is 1. The number of rotatable bonds is 7. The Labute approximate surface area is 155 Å². The van der Waals surface area contributed by atoms with E-state index in [2.05, 4.69) is 10.6 Å². The molecular weight excluding hydrogens is 365 g/mol. The predicted molar refractivity (Wildman–Crippen MR) is 96.0 cm³/mol. The molecule has 2 atom stereocenters. The normalized spacial score (nSPS) is 13.9. The molecule has 0 saturated heterocycles. The Morgan fingerprint density at radius 3 is 2.27 bits per heavy atom. The molecule has 1 unspecified atom stereocenters. The van der Waals surface area contributed by atoms with Crippen molar-refractivity contribution in [3.05, 3.63) is 70.7 Å². The fourth-order valence-corrected chi connectivity index (χ4v) is 2.85. The van der Waals surface area contributed by atoms with Gasteiger partial charge in [0, 0.05) is 11.6 Å². The highest BCUT2D eigenvalue weighted by molar-refractivity contribution is 6.31. The first-order valence-corrected chi connectivity index (χ1v) is 8.59. The lowest BCUT2D eigenvalue weighted by Crippen LogP contribution is -2.50. The molecule has 0 aliphatic carbocycles. The van der Waals surface area contributed by atoms with E-state index in [-0.39, 0.29) is 12.0 Å². The van der Waals surface area contributed by atoms with Gasteiger partial charge in [0.05, 0.1) is 6.04 Å². The van der Waals surface area contributed by atoms with Gasteiger partial charge in [0.2, 0.25) is 5.91 Å². The summed E-state index contributed by atoms with van der Waals surface area (Å²) >= 11 is 6.11. The Morgan fingerprint density at radius 2 is 1.69 bits per heavy atom. The molecule has 1 amide bonds. The van der Waals surface area contributed by atoms with Gasteiger partial charge >= 0.3 is 6.18 Å². The van der Waals surface area contributed by atoms with Crippen molar-refractivity contribution in [3.8, 4) is 0 Å².